The van der Waals surface area contributed by atoms with E-state index in [-0.39, 0.29) is 0 Å². The topological polar surface area (TPSA) is 43.1 Å². The van der Waals surface area contributed by atoms with Gasteiger partial charge in [0.15, 0.2) is 5.65 Å². The minimum Gasteiger partial charge on any atom is -0.292 e. The number of imidazole rings is 1. The lowest BCUT2D eigenvalue weighted by molar-refractivity contribution is 1.05. The van der Waals surface area contributed by atoms with E-state index >= 15 is 0 Å². The molecular weight excluding hydrogens is 316 g/mol. The fourth-order valence-corrected chi connectivity index (χ4v) is 2.35. The van der Waals surface area contributed by atoms with Gasteiger partial charge in [-0.3, -0.25) is 4.40 Å². The predicted molar refractivity (Wildman–Crippen MR) is 73.7 cm³/mol. The molecule has 0 bridgehead atoms. The highest BCUT2D eigenvalue weighted by Gasteiger charge is 2.08. The fraction of sp³-hybridized carbons (Fsp3) is 0.0833. The highest BCUT2D eigenvalue weighted by atomic mass is 79.9. The molecule has 3 aromatic heterocycles. The molecule has 0 radical (unpaired) electrons. The summed E-state index contributed by atoms with van der Waals surface area (Å²) in [5, 5.41) is 0.596. The van der Waals surface area contributed by atoms with E-state index in [4.69, 9.17) is 11.6 Å². The van der Waals surface area contributed by atoms with Gasteiger partial charge in [0, 0.05) is 29.7 Å². The van der Waals surface area contributed by atoms with Crippen LogP contribution in [0.25, 0.3) is 16.8 Å². The number of nitrogens with zero attached hydrogens (tertiary/aromatic N) is 4. The van der Waals surface area contributed by atoms with Gasteiger partial charge in [-0.25, -0.2) is 15.0 Å². The molecule has 0 spiro atoms. The lowest BCUT2D eigenvalue weighted by atomic mass is 10.1. The second-order valence-electron chi connectivity index (χ2n) is 3.87. The molecule has 3 heterocycles. The van der Waals surface area contributed by atoms with Crippen LogP contribution >= 0.6 is 27.5 Å². The van der Waals surface area contributed by atoms with Crippen LogP contribution in [0, 0.1) is 6.92 Å². The van der Waals surface area contributed by atoms with Gasteiger partial charge < -0.3 is 0 Å². The molecule has 6 heteroatoms. The molecule has 0 amide bonds. The highest BCUT2D eigenvalue weighted by molar-refractivity contribution is 9.10. The summed E-state index contributed by atoms with van der Waals surface area (Å²) in [7, 11) is 0. The summed E-state index contributed by atoms with van der Waals surface area (Å²) in [5.74, 6) is 0.745. The van der Waals surface area contributed by atoms with Gasteiger partial charge in [0.25, 0.3) is 0 Å². The third-order valence-electron chi connectivity index (χ3n) is 2.63. The molecule has 0 saturated heterocycles. The summed E-state index contributed by atoms with van der Waals surface area (Å²) in [4.78, 5) is 12.6. The van der Waals surface area contributed by atoms with Gasteiger partial charge in [0.05, 0.1) is 11.2 Å². The molecule has 0 atom stereocenters. The van der Waals surface area contributed by atoms with Gasteiger partial charge in [-0.2, -0.15) is 0 Å². The molecule has 0 fully saturated rings. The number of hydrogen-bond donors (Lipinski definition) is 0. The van der Waals surface area contributed by atoms with E-state index in [1.165, 1.54) is 0 Å². The monoisotopic (exact) mass is 322 g/mol. The molecule has 0 unspecified atom stereocenters. The van der Waals surface area contributed by atoms with Crippen molar-refractivity contribution in [3.8, 4) is 11.1 Å². The van der Waals surface area contributed by atoms with Crippen LogP contribution in [0.15, 0.2) is 35.5 Å². The number of pyridine rings is 1. The normalized spacial score (nSPS) is 11.1. The van der Waals surface area contributed by atoms with Crippen LogP contribution in [0.2, 0.25) is 5.02 Å². The van der Waals surface area contributed by atoms with Crippen molar-refractivity contribution in [3.63, 3.8) is 0 Å². The maximum Gasteiger partial charge on any atom is 0.156 e. The van der Waals surface area contributed by atoms with Gasteiger partial charge in [0.2, 0.25) is 0 Å². The Labute approximate surface area is 117 Å². The molecule has 0 aliphatic rings. The molecule has 90 valence electrons. The first-order valence-corrected chi connectivity index (χ1v) is 6.43. The summed E-state index contributed by atoms with van der Waals surface area (Å²) in [5.41, 5.74) is 2.59. The standard InChI is InChI=1S/C12H8BrClN4/c1-7-15-3-9(4-16-7)8-2-10(14)12-17-5-11(13)18(12)6-8/h2-6H,1H3. The van der Waals surface area contributed by atoms with Crippen molar-refractivity contribution in [1.29, 1.82) is 0 Å². The Bertz CT molecular complexity index is 721. The van der Waals surface area contributed by atoms with Crippen molar-refractivity contribution in [1.82, 2.24) is 19.4 Å². The first-order chi connectivity index (χ1) is 8.65. The largest absolute Gasteiger partial charge is 0.292 e. The summed E-state index contributed by atoms with van der Waals surface area (Å²) in [6.45, 7) is 1.85. The van der Waals surface area contributed by atoms with Crippen LogP contribution in [0.1, 0.15) is 5.82 Å². The quantitative estimate of drug-likeness (QED) is 0.688. The van der Waals surface area contributed by atoms with Gasteiger partial charge in [-0.05, 0) is 28.9 Å². The Hall–Kier alpha value is -1.46. The summed E-state index contributed by atoms with van der Waals surface area (Å²) in [6.07, 6.45) is 7.23. The van der Waals surface area contributed by atoms with Crippen molar-refractivity contribution in [3.05, 3.63) is 46.3 Å². The van der Waals surface area contributed by atoms with Crippen molar-refractivity contribution in [2.75, 3.05) is 0 Å². The second kappa shape index (κ2) is 4.33. The molecule has 0 aliphatic carbocycles. The Morgan fingerprint density at radius 3 is 2.56 bits per heavy atom. The number of halogens is 2. The SMILES string of the molecule is Cc1ncc(-c2cc(Cl)c3ncc(Br)n3c2)cn1. The highest BCUT2D eigenvalue weighted by Crippen LogP contribution is 2.27. The van der Waals surface area contributed by atoms with E-state index in [9.17, 15) is 0 Å². The van der Waals surface area contributed by atoms with Crippen molar-refractivity contribution < 1.29 is 0 Å². The van der Waals surface area contributed by atoms with Gasteiger partial charge >= 0.3 is 0 Å². The lowest BCUT2D eigenvalue weighted by Crippen LogP contribution is -1.91. The average molecular weight is 324 g/mol. The van der Waals surface area contributed by atoms with Gasteiger partial charge in [-0.15, -0.1) is 0 Å². The van der Waals surface area contributed by atoms with Crippen LogP contribution in [0.5, 0.6) is 0 Å². The van der Waals surface area contributed by atoms with E-state index in [0.717, 1.165) is 27.2 Å². The first-order valence-electron chi connectivity index (χ1n) is 5.26. The maximum atomic E-state index is 6.21. The van der Waals surface area contributed by atoms with Crippen molar-refractivity contribution >= 4 is 33.2 Å². The third-order valence-corrected chi connectivity index (χ3v) is 3.49. The Morgan fingerprint density at radius 2 is 1.83 bits per heavy atom. The second-order valence-corrected chi connectivity index (χ2v) is 5.09. The molecule has 0 aliphatic heterocycles. The Balaban J connectivity index is 2.23. The lowest BCUT2D eigenvalue weighted by Gasteiger charge is -2.05. The number of aryl methyl sites for hydroxylation is 1. The summed E-state index contributed by atoms with van der Waals surface area (Å²) >= 11 is 9.64. The first kappa shape index (κ1) is 11.6. The van der Waals surface area contributed by atoms with E-state index < -0.39 is 0 Å². The summed E-state index contributed by atoms with van der Waals surface area (Å²) in [6, 6.07) is 1.87. The zero-order valence-corrected chi connectivity index (χ0v) is 11.8. The van der Waals surface area contributed by atoms with Crippen LogP contribution in [-0.4, -0.2) is 19.4 Å². The zero-order chi connectivity index (χ0) is 12.7. The minimum atomic E-state index is 0.596. The number of aromatic nitrogens is 4. The molecule has 4 nitrogen and oxygen atoms in total. The zero-order valence-electron chi connectivity index (χ0n) is 9.43. The molecule has 3 rings (SSSR count). The number of rotatable bonds is 1. The van der Waals surface area contributed by atoms with Crippen molar-refractivity contribution in [2.45, 2.75) is 6.92 Å². The molecule has 3 aromatic rings. The van der Waals surface area contributed by atoms with E-state index in [0.29, 0.717) is 5.02 Å². The Morgan fingerprint density at radius 1 is 1.11 bits per heavy atom. The fourth-order valence-electron chi connectivity index (χ4n) is 1.72. The number of hydrogen-bond acceptors (Lipinski definition) is 3. The summed E-state index contributed by atoms with van der Waals surface area (Å²) < 4.78 is 2.74. The Kier molecular flexibility index (Phi) is 2.80. The molecule has 0 N–H and O–H groups in total. The minimum absolute atomic E-state index is 0.596. The van der Waals surface area contributed by atoms with Crippen LogP contribution in [-0.2, 0) is 0 Å². The average Bonchev–Trinajstić information content (AvgIpc) is 2.73. The number of fused-ring (bicyclic) bond motifs is 1. The van der Waals surface area contributed by atoms with Crippen LogP contribution in [0.3, 0.4) is 0 Å². The molecule has 0 saturated carbocycles. The van der Waals surface area contributed by atoms with Crippen molar-refractivity contribution in [2.24, 2.45) is 0 Å². The third kappa shape index (κ3) is 1.89. The van der Waals surface area contributed by atoms with Gasteiger partial charge in [-0.1, -0.05) is 11.6 Å². The van der Waals surface area contributed by atoms with Gasteiger partial charge in [0.1, 0.15) is 10.4 Å². The van der Waals surface area contributed by atoms with E-state index in [1.807, 2.05) is 23.6 Å². The van der Waals surface area contributed by atoms with Crippen LogP contribution in [0.4, 0.5) is 0 Å². The maximum absolute atomic E-state index is 6.21. The van der Waals surface area contributed by atoms with E-state index in [2.05, 4.69) is 30.9 Å². The molecule has 18 heavy (non-hydrogen) atoms. The van der Waals surface area contributed by atoms with E-state index in [1.54, 1.807) is 18.6 Å². The molecular formula is C12H8BrClN4. The van der Waals surface area contributed by atoms with Crippen LogP contribution < -0.4 is 0 Å². The predicted octanol–water partition coefficient (Wildman–Crippen LogP) is 3.52. The molecule has 0 aromatic carbocycles. The smallest absolute Gasteiger partial charge is 0.156 e.